The van der Waals surface area contributed by atoms with E-state index in [0.29, 0.717) is 6.42 Å². The summed E-state index contributed by atoms with van der Waals surface area (Å²) in [5.74, 6) is -0.172. The fraction of sp³-hybridized carbons (Fsp3) is 0.471. The first-order valence-corrected chi connectivity index (χ1v) is 8.28. The summed E-state index contributed by atoms with van der Waals surface area (Å²) in [4.78, 5) is 18.6. The number of amides is 1. The van der Waals surface area contributed by atoms with Crippen molar-refractivity contribution >= 4 is 17.7 Å². The second-order valence-corrected chi connectivity index (χ2v) is 7.13. The summed E-state index contributed by atoms with van der Waals surface area (Å²) in [6.45, 7) is 9.10. The molecule has 1 aromatic carbocycles. The SMILES string of the molecule is C=C[C@H](O)[C@@H](CCSc1ccccc1)C(=O)NOC(C)(C)C. The highest BCUT2D eigenvalue weighted by Crippen LogP contribution is 2.22. The number of hydrogen-bond donors (Lipinski definition) is 2. The van der Waals surface area contributed by atoms with Gasteiger partial charge in [-0.2, -0.15) is 0 Å². The predicted octanol–water partition coefficient (Wildman–Crippen LogP) is 3.18. The molecule has 0 aliphatic rings. The van der Waals surface area contributed by atoms with Crippen LogP contribution in [0.25, 0.3) is 0 Å². The first-order valence-electron chi connectivity index (χ1n) is 7.30. The molecule has 5 heteroatoms. The Balaban J connectivity index is 2.53. The summed E-state index contributed by atoms with van der Waals surface area (Å²) in [6, 6.07) is 9.95. The molecule has 0 heterocycles. The molecular weight excluding hydrogens is 298 g/mol. The summed E-state index contributed by atoms with van der Waals surface area (Å²) >= 11 is 1.65. The number of rotatable bonds is 8. The molecule has 0 spiro atoms. The van der Waals surface area contributed by atoms with Crippen LogP contribution in [0.5, 0.6) is 0 Å². The molecule has 122 valence electrons. The predicted molar refractivity (Wildman–Crippen MR) is 90.5 cm³/mol. The van der Waals surface area contributed by atoms with E-state index >= 15 is 0 Å². The molecule has 0 fully saturated rings. The van der Waals surface area contributed by atoms with Crippen molar-refractivity contribution in [3.8, 4) is 0 Å². The monoisotopic (exact) mass is 323 g/mol. The Kier molecular flexibility index (Phi) is 7.65. The summed E-state index contributed by atoms with van der Waals surface area (Å²) in [7, 11) is 0. The van der Waals surface area contributed by atoms with Crippen LogP contribution in [-0.2, 0) is 9.63 Å². The van der Waals surface area contributed by atoms with Gasteiger partial charge in [0.15, 0.2) is 0 Å². The van der Waals surface area contributed by atoms with Gasteiger partial charge in [-0.3, -0.25) is 9.63 Å². The van der Waals surface area contributed by atoms with E-state index in [-0.39, 0.29) is 5.91 Å². The molecule has 0 unspecified atom stereocenters. The van der Waals surface area contributed by atoms with Crippen LogP contribution in [0.3, 0.4) is 0 Å². The van der Waals surface area contributed by atoms with Gasteiger partial charge >= 0.3 is 0 Å². The largest absolute Gasteiger partial charge is 0.388 e. The quantitative estimate of drug-likeness (QED) is 0.438. The average molecular weight is 323 g/mol. The van der Waals surface area contributed by atoms with Gasteiger partial charge < -0.3 is 5.11 Å². The van der Waals surface area contributed by atoms with Crippen LogP contribution in [0.15, 0.2) is 47.9 Å². The molecule has 1 amide bonds. The number of hydroxylamine groups is 1. The van der Waals surface area contributed by atoms with E-state index in [1.165, 1.54) is 6.08 Å². The zero-order valence-electron chi connectivity index (χ0n) is 13.4. The zero-order chi connectivity index (χ0) is 16.6. The van der Waals surface area contributed by atoms with Crippen LogP contribution in [-0.4, -0.2) is 28.5 Å². The molecule has 0 saturated heterocycles. The Morgan fingerprint density at radius 1 is 1.41 bits per heavy atom. The maximum Gasteiger partial charge on any atom is 0.249 e. The van der Waals surface area contributed by atoms with E-state index in [0.717, 1.165) is 10.6 Å². The van der Waals surface area contributed by atoms with Gasteiger partial charge in [0.2, 0.25) is 5.91 Å². The Morgan fingerprint density at radius 3 is 2.59 bits per heavy atom. The van der Waals surface area contributed by atoms with Crippen molar-refractivity contribution in [3.63, 3.8) is 0 Å². The average Bonchev–Trinajstić information content (AvgIpc) is 2.49. The molecule has 0 aliphatic carbocycles. The summed E-state index contributed by atoms with van der Waals surface area (Å²) in [5, 5.41) is 9.97. The minimum Gasteiger partial charge on any atom is -0.388 e. The van der Waals surface area contributed by atoms with Gasteiger partial charge in [-0.05, 0) is 45.1 Å². The van der Waals surface area contributed by atoms with E-state index < -0.39 is 17.6 Å². The van der Waals surface area contributed by atoms with E-state index in [2.05, 4.69) is 12.1 Å². The highest BCUT2D eigenvalue weighted by atomic mass is 32.2. The van der Waals surface area contributed by atoms with Crippen LogP contribution in [0.1, 0.15) is 27.2 Å². The van der Waals surface area contributed by atoms with Crippen molar-refractivity contribution in [2.75, 3.05) is 5.75 Å². The Bertz CT molecular complexity index is 471. The maximum absolute atomic E-state index is 12.2. The number of carbonyl (C=O) groups is 1. The maximum atomic E-state index is 12.2. The molecule has 4 nitrogen and oxygen atoms in total. The summed E-state index contributed by atoms with van der Waals surface area (Å²) < 4.78 is 0. The highest BCUT2D eigenvalue weighted by molar-refractivity contribution is 7.99. The van der Waals surface area contributed by atoms with Gasteiger partial charge in [-0.15, -0.1) is 18.3 Å². The first kappa shape index (κ1) is 18.7. The standard InChI is InChI=1S/C17H25NO3S/c1-5-15(19)14(16(20)18-21-17(2,3)4)11-12-22-13-9-7-6-8-10-13/h5-10,14-15,19H,1,11-12H2,2-4H3,(H,18,20)/t14-,15+/m1/s1. The number of thioether (sulfide) groups is 1. The molecule has 0 bridgehead atoms. The molecule has 0 aliphatic heterocycles. The summed E-state index contributed by atoms with van der Waals surface area (Å²) in [6.07, 6.45) is 1.03. The van der Waals surface area contributed by atoms with Crippen molar-refractivity contribution < 1.29 is 14.7 Å². The molecular formula is C17H25NO3S. The van der Waals surface area contributed by atoms with Gasteiger partial charge in [-0.1, -0.05) is 24.3 Å². The van der Waals surface area contributed by atoms with Gasteiger partial charge in [0.05, 0.1) is 17.6 Å². The van der Waals surface area contributed by atoms with E-state index in [1.54, 1.807) is 11.8 Å². The molecule has 0 aromatic heterocycles. The second kappa shape index (κ2) is 8.98. The van der Waals surface area contributed by atoms with Gasteiger partial charge in [0.25, 0.3) is 0 Å². The van der Waals surface area contributed by atoms with Gasteiger partial charge in [0.1, 0.15) is 0 Å². The van der Waals surface area contributed by atoms with Crippen LogP contribution < -0.4 is 5.48 Å². The van der Waals surface area contributed by atoms with Crippen LogP contribution in [0.4, 0.5) is 0 Å². The van der Waals surface area contributed by atoms with Crippen LogP contribution >= 0.6 is 11.8 Å². The van der Waals surface area contributed by atoms with Crippen molar-refractivity contribution in [3.05, 3.63) is 43.0 Å². The number of carbonyl (C=O) groups excluding carboxylic acids is 1. The number of benzene rings is 1. The van der Waals surface area contributed by atoms with Crippen molar-refractivity contribution in [1.82, 2.24) is 5.48 Å². The summed E-state index contributed by atoms with van der Waals surface area (Å²) in [5.41, 5.74) is 1.96. The topological polar surface area (TPSA) is 58.6 Å². The number of aliphatic hydroxyl groups excluding tert-OH is 1. The fourth-order valence-electron chi connectivity index (χ4n) is 1.72. The highest BCUT2D eigenvalue weighted by Gasteiger charge is 2.26. The number of hydrogen-bond acceptors (Lipinski definition) is 4. The van der Waals surface area contributed by atoms with Gasteiger partial charge in [0, 0.05) is 4.90 Å². The lowest BCUT2D eigenvalue weighted by Gasteiger charge is -2.23. The molecule has 1 rings (SSSR count). The first-order chi connectivity index (χ1) is 10.3. The van der Waals surface area contributed by atoms with Crippen LogP contribution in [0.2, 0.25) is 0 Å². The minimum atomic E-state index is -0.889. The Morgan fingerprint density at radius 2 is 2.05 bits per heavy atom. The third-order valence-corrected chi connectivity index (χ3v) is 3.93. The van der Waals surface area contributed by atoms with E-state index in [9.17, 15) is 9.90 Å². The molecule has 2 N–H and O–H groups in total. The van der Waals surface area contributed by atoms with Crippen molar-refractivity contribution in [2.45, 2.75) is 43.8 Å². The van der Waals surface area contributed by atoms with E-state index in [1.807, 2.05) is 51.1 Å². The molecule has 0 saturated carbocycles. The lowest BCUT2D eigenvalue weighted by molar-refractivity contribution is -0.152. The second-order valence-electron chi connectivity index (χ2n) is 5.96. The zero-order valence-corrected chi connectivity index (χ0v) is 14.2. The normalized spacial score (nSPS) is 14.2. The van der Waals surface area contributed by atoms with Crippen LogP contribution in [0, 0.1) is 5.92 Å². The third-order valence-electron chi connectivity index (χ3n) is 2.89. The van der Waals surface area contributed by atoms with E-state index in [4.69, 9.17) is 4.84 Å². The van der Waals surface area contributed by atoms with Gasteiger partial charge in [-0.25, -0.2) is 5.48 Å². The molecule has 2 atom stereocenters. The van der Waals surface area contributed by atoms with Crippen molar-refractivity contribution in [2.24, 2.45) is 5.92 Å². The minimum absolute atomic E-state index is 0.323. The fourth-order valence-corrected chi connectivity index (χ4v) is 2.68. The molecule has 1 aromatic rings. The smallest absolute Gasteiger partial charge is 0.249 e. The lowest BCUT2D eigenvalue weighted by atomic mass is 9.99. The Labute approximate surface area is 136 Å². The van der Waals surface area contributed by atoms with Crippen molar-refractivity contribution in [1.29, 1.82) is 0 Å². The molecule has 22 heavy (non-hydrogen) atoms. The lowest BCUT2D eigenvalue weighted by Crippen LogP contribution is -2.41. The Hall–Kier alpha value is -1.30. The number of nitrogens with one attached hydrogen (secondary N) is 1. The number of aliphatic hydroxyl groups is 1. The molecule has 0 radical (unpaired) electrons. The third kappa shape index (κ3) is 7.11.